The molecule has 0 bridgehead atoms. The SMILES string of the molecule is CCCCc1c(O)c(CCCC)c(-c2cccc3ccccc23)c(CCCC)c1CNC(C)(C)C.Cl. The first kappa shape index (κ1) is 30.2. The first-order chi connectivity index (χ1) is 16.8. The third-order valence-electron chi connectivity index (χ3n) is 7.10. The van der Waals surface area contributed by atoms with Crippen LogP contribution in [0.4, 0.5) is 0 Å². The molecule has 0 unspecified atom stereocenters. The third kappa shape index (κ3) is 7.26. The van der Waals surface area contributed by atoms with Crippen LogP contribution in [-0.4, -0.2) is 10.6 Å². The van der Waals surface area contributed by atoms with Crippen LogP contribution in [0.25, 0.3) is 21.9 Å². The minimum absolute atomic E-state index is 0. The molecular formula is C33H48ClNO. The van der Waals surface area contributed by atoms with Crippen molar-refractivity contribution >= 4 is 23.2 Å². The second-order valence-corrected chi connectivity index (χ2v) is 11.1. The van der Waals surface area contributed by atoms with Gasteiger partial charge in [-0.2, -0.15) is 0 Å². The quantitative estimate of drug-likeness (QED) is 0.254. The van der Waals surface area contributed by atoms with Gasteiger partial charge in [0.1, 0.15) is 5.75 Å². The molecule has 0 fully saturated rings. The van der Waals surface area contributed by atoms with Gasteiger partial charge in [-0.25, -0.2) is 0 Å². The fourth-order valence-electron chi connectivity index (χ4n) is 5.14. The molecule has 3 rings (SSSR count). The van der Waals surface area contributed by atoms with Crippen LogP contribution in [-0.2, 0) is 25.8 Å². The van der Waals surface area contributed by atoms with Crippen molar-refractivity contribution in [3.63, 3.8) is 0 Å². The molecule has 0 saturated heterocycles. The van der Waals surface area contributed by atoms with Gasteiger partial charge in [0, 0.05) is 17.6 Å². The van der Waals surface area contributed by atoms with Crippen molar-refractivity contribution in [3.05, 3.63) is 64.7 Å². The van der Waals surface area contributed by atoms with Gasteiger partial charge in [-0.05, 0) is 97.9 Å². The van der Waals surface area contributed by atoms with Gasteiger partial charge in [0.05, 0.1) is 0 Å². The zero-order valence-electron chi connectivity index (χ0n) is 23.5. The molecule has 3 aromatic rings. The predicted octanol–water partition coefficient (Wildman–Crippen LogP) is 9.55. The summed E-state index contributed by atoms with van der Waals surface area (Å²) >= 11 is 0. The van der Waals surface area contributed by atoms with E-state index >= 15 is 0 Å². The van der Waals surface area contributed by atoms with Crippen molar-refractivity contribution in [3.8, 4) is 16.9 Å². The molecule has 0 aliphatic rings. The zero-order valence-corrected chi connectivity index (χ0v) is 24.3. The van der Waals surface area contributed by atoms with Crippen molar-refractivity contribution in [2.24, 2.45) is 0 Å². The van der Waals surface area contributed by atoms with E-state index < -0.39 is 0 Å². The standard InChI is InChI=1S/C33H47NO.ClH/c1-7-10-18-27-30(23-34-33(4,5)6)28(19-11-8-2)32(35)29(20-12-9-3)31(27)26-22-15-17-24-16-13-14-21-25(24)26;/h13-17,21-22,34-35H,7-12,18-20,23H2,1-6H3;1H. The summed E-state index contributed by atoms with van der Waals surface area (Å²) in [7, 11) is 0. The lowest BCUT2D eigenvalue weighted by Crippen LogP contribution is -2.35. The molecule has 2 nitrogen and oxygen atoms in total. The number of nitrogens with one attached hydrogen (secondary N) is 1. The maximum atomic E-state index is 11.9. The number of hydrogen-bond donors (Lipinski definition) is 2. The van der Waals surface area contributed by atoms with Crippen LogP contribution >= 0.6 is 12.4 Å². The molecule has 0 aromatic heterocycles. The van der Waals surface area contributed by atoms with Crippen molar-refractivity contribution in [1.82, 2.24) is 5.32 Å². The third-order valence-corrected chi connectivity index (χ3v) is 7.10. The first-order valence-electron chi connectivity index (χ1n) is 13.9. The van der Waals surface area contributed by atoms with E-state index in [1.165, 1.54) is 44.2 Å². The molecule has 0 saturated carbocycles. The van der Waals surface area contributed by atoms with Crippen molar-refractivity contribution in [2.45, 2.75) is 111 Å². The van der Waals surface area contributed by atoms with Crippen LogP contribution in [0.15, 0.2) is 42.5 Å². The molecule has 2 N–H and O–H groups in total. The summed E-state index contributed by atoms with van der Waals surface area (Å²) in [5.74, 6) is 0.556. The van der Waals surface area contributed by atoms with Crippen LogP contribution in [0.1, 0.15) is 102 Å². The molecular weight excluding hydrogens is 462 g/mol. The van der Waals surface area contributed by atoms with Crippen LogP contribution in [0.3, 0.4) is 0 Å². The summed E-state index contributed by atoms with van der Waals surface area (Å²) in [6.07, 6.45) is 9.68. The number of halogens is 1. The minimum atomic E-state index is 0. The Labute approximate surface area is 226 Å². The van der Waals surface area contributed by atoms with E-state index in [2.05, 4.69) is 89.3 Å². The highest BCUT2D eigenvalue weighted by Crippen LogP contribution is 2.44. The normalized spacial score (nSPS) is 11.6. The molecule has 0 aliphatic carbocycles. The van der Waals surface area contributed by atoms with Gasteiger partial charge in [-0.15, -0.1) is 12.4 Å². The van der Waals surface area contributed by atoms with Gasteiger partial charge in [0.2, 0.25) is 0 Å². The Morgan fingerprint density at radius 2 is 1.25 bits per heavy atom. The Kier molecular flexibility index (Phi) is 11.8. The highest BCUT2D eigenvalue weighted by atomic mass is 35.5. The maximum Gasteiger partial charge on any atom is 0.122 e. The van der Waals surface area contributed by atoms with Gasteiger partial charge in [0.25, 0.3) is 0 Å². The van der Waals surface area contributed by atoms with Gasteiger partial charge < -0.3 is 10.4 Å². The van der Waals surface area contributed by atoms with Crippen LogP contribution in [0.5, 0.6) is 5.75 Å². The fourth-order valence-corrected chi connectivity index (χ4v) is 5.14. The molecule has 3 heteroatoms. The van der Waals surface area contributed by atoms with Crippen LogP contribution < -0.4 is 5.32 Å². The number of phenols is 1. The minimum Gasteiger partial charge on any atom is -0.507 e. The topological polar surface area (TPSA) is 32.3 Å². The zero-order chi connectivity index (χ0) is 25.4. The fraction of sp³-hybridized carbons (Fsp3) is 0.515. The van der Waals surface area contributed by atoms with Crippen molar-refractivity contribution in [2.75, 3.05) is 0 Å². The van der Waals surface area contributed by atoms with Crippen LogP contribution in [0, 0.1) is 0 Å². The summed E-state index contributed by atoms with van der Waals surface area (Å²) in [5.41, 5.74) is 7.73. The van der Waals surface area contributed by atoms with Gasteiger partial charge >= 0.3 is 0 Å². The molecule has 0 amide bonds. The largest absolute Gasteiger partial charge is 0.507 e. The lowest BCUT2D eigenvalue weighted by atomic mass is 9.80. The number of hydrogen-bond acceptors (Lipinski definition) is 2. The second kappa shape index (κ2) is 14.1. The Hall–Kier alpha value is -2.03. The van der Waals surface area contributed by atoms with E-state index in [-0.39, 0.29) is 17.9 Å². The molecule has 3 aromatic carbocycles. The van der Waals surface area contributed by atoms with E-state index in [1.807, 2.05) is 0 Å². The van der Waals surface area contributed by atoms with Crippen molar-refractivity contribution < 1.29 is 5.11 Å². The van der Waals surface area contributed by atoms with Gasteiger partial charge in [-0.1, -0.05) is 82.5 Å². The Bertz CT molecular complexity index is 1110. The smallest absolute Gasteiger partial charge is 0.122 e. The molecule has 0 heterocycles. The number of fused-ring (bicyclic) bond motifs is 1. The van der Waals surface area contributed by atoms with Crippen LogP contribution in [0.2, 0.25) is 0 Å². The monoisotopic (exact) mass is 509 g/mol. The summed E-state index contributed by atoms with van der Waals surface area (Å²) in [4.78, 5) is 0. The Morgan fingerprint density at radius 3 is 1.86 bits per heavy atom. The average Bonchev–Trinajstić information content (AvgIpc) is 2.84. The molecule has 0 spiro atoms. The number of phenolic OH excluding ortho intramolecular Hbond substituents is 1. The summed E-state index contributed by atoms with van der Waals surface area (Å²) in [6, 6.07) is 15.4. The summed E-state index contributed by atoms with van der Waals surface area (Å²) in [5, 5.41) is 18.2. The lowest BCUT2D eigenvalue weighted by Gasteiger charge is -2.28. The highest BCUT2D eigenvalue weighted by Gasteiger charge is 2.25. The molecule has 0 aliphatic heterocycles. The molecule has 0 atom stereocenters. The lowest BCUT2D eigenvalue weighted by molar-refractivity contribution is 0.418. The van der Waals surface area contributed by atoms with E-state index in [1.54, 1.807) is 0 Å². The molecule has 36 heavy (non-hydrogen) atoms. The van der Waals surface area contributed by atoms with Crippen molar-refractivity contribution in [1.29, 1.82) is 0 Å². The summed E-state index contributed by atoms with van der Waals surface area (Å²) in [6.45, 7) is 14.2. The average molecular weight is 510 g/mol. The van der Waals surface area contributed by atoms with E-state index in [0.29, 0.717) is 5.75 Å². The molecule has 198 valence electrons. The van der Waals surface area contributed by atoms with E-state index in [9.17, 15) is 5.11 Å². The highest BCUT2D eigenvalue weighted by molar-refractivity contribution is 5.99. The number of aromatic hydroxyl groups is 1. The summed E-state index contributed by atoms with van der Waals surface area (Å²) < 4.78 is 0. The predicted molar refractivity (Wildman–Crippen MR) is 161 cm³/mol. The molecule has 0 radical (unpaired) electrons. The maximum absolute atomic E-state index is 11.9. The van der Waals surface area contributed by atoms with E-state index in [4.69, 9.17) is 0 Å². The number of benzene rings is 3. The Morgan fingerprint density at radius 1 is 0.694 bits per heavy atom. The van der Waals surface area contributed by atoms with Gasteiger partial charge in [0.15, 0.2) is 0 Å². The first-order valence-corrected chi connectivity index (χ1v) is 13.9. The Balaban J connectivity index is 0.00000456. The van der Waals surface area contributed by atoms with E-state index in [0.717, 1.165) is 64.3 Å². The number of unbranched alkanes of at least 4 members (excludes halogenated alkanes) is 3. The van der Waals surface area contributed by atoms with Gasteiger partial charge in [-0.3, -0.25) is 0 Å². The number of rotatable bonds is 12. The second-order valence-electron chi connectivity index (χ2n) is 11.1.